The normalized spacial score (nSPS) is 16.0. The summed E-state index contributed by atoms with van der Waals surface area (Å²) in [6.45, 7) is 0. The summed E-state index contributed by atoms with van der Waals surface area (Å²) in [7, 11) is -2.00. The van der Waals surface area contributed by atoms with E-state index in [1.165, 1.54) is 12.1 Å². The minimum atomic E-state index is -3.52. The number of carbonyl (C=O) groups excluding carboxylic acids is 1. The minimum absolute atomic E-state index is 0.207. The number of nitrogens with one attached hydrogen (secondary N) is 1. The monoisotopic (exact) mass is 445 g/mol. The van der Waals surface area contributed by atoms with E-state index in [0.717, 1.165) is 11.8 Å². The second kappa shape index (κ2) is 9.17. The molecule has 2 aromatic rings. The van der Waals surface area contributed by atoms with Crippen LogP contribution in [0.3, 0.4) is 0 Å². The molecule has 2 aromatic carbocycles. The van der Waals surface area contributed by atoms with Crippen molar-refractivity contribution in [3.63, 3.8) is 0 Å². The van der Waals surface area contributed by atoms with E-state index < -0.39 is 27.9 Å². The second-order valence-electron chi connectivity index (χ2n) is 7.06. The van der Waals surface area contributed by atoms with Crippen molar-refractivity contribution < 1.29 is 27.9 Å². The number of carboxylic acid groups (broad SMARTS) is 1. The summed E-state index contributed by atoms with van der Waals surface area (Å²) in [6.07, 6.45) is 0.841. The van der Waals surface area contributed by atoms with Crippen molar-refractivity contribution in [2.75, 3.05) is 18.1 Å². The molecule has 31 heavy (non-hydrogen) atoms. The van der Waals surface area contributed by atoms with Crippen LogP contribution in [0.4, 0.5) is 5.69 Å². The maximum atomic E-state index is 12.8. The maximum Gasteiger partial charge on any atom is 0.303 e. The predicted molar refractivity (Wildman–Crippen MR) is 116 cm³/mol. The summed E-state index contributed by atoms with van der Waals surface area (Å²) in [6, 6.07) is 13.5. The lowest BCUT2D eigenvalue weighted by molar-refractivity contribution is -0.141. The first-order valence-electron chi connectivity index (χ1n) is 9.51. The molecule has 164 valence electrons. The molecule has 1 amide bonds. The Bertz CT molecular complexity index is 1130. The van der Waals surface area contributed by atoms with Crippen LogP contribution in [0.1, 0.15) is 36.4 Å². The van der Waals surface area contributed by atoms with Crippen LogP contribution in [0, 0.1) is 0 Å². The molecule has 0 aliphatic carbocycles. The number of carbonyl (C=O) groups is 2. The fraction of sp³-hybridized carbons (Fsp3) is 0.286. The third-order valence-corrected chi connectivity index (χ3v) is 5.34. The number of benzene rings is 2. The van der Waals surface area contributed by atoms with Gasteiger partial charge in [0.1, 0.15) is 5.75 Å². The zero-order valence-electron chi connectivity index (χ0n) is 17.1. The maximum absolute atomic E-state index is 12.8. The number of ether oxygens (including phenoxy) is 1. The molecule has 0 fully saturated rings. The van der Waals surface area contributed by atoms with E-state index in [1.54, 1.807) is 36.4 Å². The summed E-state index contributed by atoms with van der Waals surface area (Å²) in [4.78, 5) is 23.8. The molecule has 0 unspecified atom stereocenters. The Labute approximate surface area is 180 Å². The average Bonchev–Trinajstić information content (AvgIpc) is 3.16. The molecule has 9 nitrogen and oxygen atoms in total. The smallest absolute Gasteiger partial charge is 0.303 e. The molecule has 1 aliphatic heterocycles. The Balaban J connectivity index is 2.02. The van der Waals surface area contributed by atoms with Crippen LogP contribution < -0.4 is 9.46 Å². The van der Waals surface area contributed by atoms with Gasteiger partial charge in [0.2, 0.25) is 15.9 Å². The predicted octanol–water partition coefficient (Wildman–Crippen LogP) is 2.61. The van der Waals surface area contributed by atoms with E-state index in [2.05, 4.69) is 9.82 Å². The Kier molecular flexibility index (Phi) is 6.59. The highest BCUT2D eigenvalue weighted by molar-refractivity contribution is 7.92. The number of anilines is 1. The van der Waals surface area contributed by atoms with Gasteiger partial charge in [-0.1, -0.05) is 36.4 Å². The number of hydrogen-bond donors (Lipinski definition) is 2. The van der Waals surface area contributed by atoms with E-state index in [0.29, 0.717) is 29.1 Å². The summed E-state index contributed by atoms with van der Waals surface area (Å²) in [5, 5.41) is 14.7. The van der Waals surface area contributed by atoms with Crippen molar-refractivity contribution in [1.82, 2.24) is 5.01 Å². The first kappa shape index (κ1) is 22.3. The molecule has 0 spiro atoms. The first-order chi connectivity index (χ1) is 14.7. The van der Waals surface area contributed by atoms with E-state index in [9.17, 15) is 18.0 Å². The Hall–Kier alpha value is -3.40. The molecular formula is C21H23N3O6S. The van der Waals surface area contributed by atoms with Crippen LogP contribution in [-0.4, -0.2) is 49.5 Å². The number of amides is 1. The highest BCUT2D eigenvalue weighted by Crippen LogP contribution is 2.38. The third kappa shape index (κ3) is 5.40. The quantitative estimate of drug-likeness (QED) is 0.643. The SMILES string of the molecule is COc1ccccc1[C@H]1CC(c2ccccc2NS(C)(=O)=O)=NN1C(=O)CCC(=O)O. The fourth-order valence-electron chi connectivity index (χ4n) is 3.44. The summed E-state index contributed by atoms with van der Waals surface area (Å²) in [5.74, 6) is -0.947. The topological polar surface area (TPSA) is 125 Å². The summed E-state index contributed by atoms with van der Waals surface area (Å²) >= 11 is 0. The lowest BCUT2D eigenvalue weighted by Crippen LogP contribution is -2.27. The number of nitrogens with zero attached hydrogens (tertiary/aromatic N) is 2. The lowest BCUT2D eigenvalue weighted by atomic mass is 9.97. The van der Waals surface area contributed by atoms with Crippen LogP contribution in [0.25, 0.3) is 0 Å². The largest absolute Gasteiger partial charge is 0.496 e. The number of hydrogen-bond acceptors (Lipinski definition) is 6. The van der Waals surface area contributed by atoms with Crippen LogP contribution in [0.5, 0.6) is 5.75 Å². The van der Waals surface area contributed by atoms with Crippen molar-refractivity contribution in [3.05, 3.63) is 59.7 Å². The van der Waals surface area contributed by atoms with Gasteiger partial charge in [-0.05, 0) is 12.1 Å². The van der Waals surface area contributed by atoms with Gasteiger partial charge in [0.05, 0.1) is 37.2 Å². The van der Waals surface area contributed by atoms with Crippen LogP contribution in [-0.2, 0) is 19.6 Å². The molecule has 0 bridgehead atoms. The van der Waals surface area contributed by atoms with Gasteiger partial charge in [0, 0.05) is 24.0 Å². The van der Waals surface area contributed by atoms with Gasteiger partial charge in [-0.2, -0.15) is 5.10 Å². The fourth-order valence-corrected chi connectivity index (χ4v) is 4.02. The number of methoxy groups -OCH3 is 1. The van der Waals surface area contributed by atoms with Gasteiger partial charge < -0.3 is 9.84 Å². The second-order valence-corrected chi connectivity index (χ2v) is 8.81. The number of aliphatic carboxylic acids is 1. The Morgan fingerprint density at radius 2 is 1.84 bits per heavy atom. The van der Waals surface area contributed by atoms with Crippen molar-refractivity contribution in [1.29, 1.82) is 0 Å². The molecule has 0 radical (unpaired) electrons. The van der Waals surface area contributed by atoms with Crippen molar-refractivity contribution >= 4 is 33.3 Å². The van der Waals surface area contributed by atoms with Gasteiger partial charge in [0.15, 0.2) is 0 Å². The van der Waals surface area contributed by atoms with Crippen LogP contribution >= 0.6 is 0 Å². The summed E-state index contributed by atoms with van der Waals surface area (Å²) < 4.78 is 31.5. The Morgan fingerprint density at radius 1 is 1.16 bits per heavy atom. The lowest BCUT2D eigenvalue weighted by Gasteiger charge is -2.23. The molecule has 0 saturated heterocycles. The third-order valence-electron chi connectivity index (χ3n) is 4.75. The molecule has 1 heterocycles. The van der Waals surface area contributed by atoms with Gasteiger partial charge in [-0.25, -0.2) is 13.4 Å². The van der Waals surface area contributed by atoms with E-state index in [1.807, 2.05) is 12.1 Å². The van der Waals surface area contributed by atoms with Crippen LogP contribution in [0.2, 0.25) is 0 Å². The molecule has 0 saturated carbocycles. The van der Waals surface area contributed by atoms with Gasteiger partial charge >= 0.3 is 5.97 Å². The van der Waals surface area contributed by atoms with Crippen molar-refractivity contribution in [2.24, 2.45) is 5.10 Å². The van der Waals surface area contributed by atoms with Gasteiger partial charge in [-0.3, -0.25) is 14.3 Å². The van der Waals surface area contributed by atoms with E-state index >= 15 is 0 Å². The number of hydrazone groups is 1. The summed E-state index contributed by atoms with van der Waals surface area (Å²) in [5.41, 5.74) is 2.12. The van der Waals surface area contributed by atoms with E-state index in [-0.39, 0.29) is 12.8 Å². The van der Waals surface area contributed by atoms with Gasteiger partial charge in [-0.15, -0.1) is 0 Å². The molecule has 1 atom stereocenters. The van der Waals surface area contributed by atoms with Crippen molar-refractivity contribution in [2.45, 2.75) is 25.3 Å². The molecule has 3 rings (SSSR count). The first-order valence-corrected chi connectivity index (χ1v) is 11.4. The van der Waals surface area contributed by atoms with Crippen molar-refractivity contribution in [3.8, 4) is 5.75 Å². The molecule has 1 aliphatic rings. The van der Waals surface area contributed by atoms with Crippen LogP contribution in [0.15, 0.2) is 53.6 Å². The number of carboxylic acids is 1. The van der Waals surface area contributed by atoms with Gasteiger partial charge in [0.25, 0.3) is 0 Å². The molecule has 2 N–H and O–H groups in total. The highest BCUT2D eigenvalue weighted by Gasteiger charge is 2.35. The standard InChI is InChI=1S/C21H23N3O6S/c1-30-19-10-6-4-8-15(19)18-13-17(22-24(18)20(25)11-12-21(26)27)14-7-3-5-9-16(14)23-31(2,28)29/h3-10,18,23H,11-13H2,1-2H3,(H,26,27)/t18-/m1/s1. The molecule has 0 aromatic heterocycles. The number of para-hydroxylation sites is 2. The average molecular weight is 445 g/mol. The minimum Gasteiger partial charge on any atom is -0.496 e. The Morgan fingerprint density at radius 3 is 2.52 bits per heavy atom. The highest BCUT2D eigenvalue weighted by atomic mass is 32.2. The zero-order chi connectivity index (χ0) is 22.6. The zero-order valence-corrected chi connectivity index (χ0v) is 17.9. The number of sulfonamides is 1. The van der Waals surface area contributed by atoms with E-state index in [4.69, 9.17) is 9.84 Å². The number of rotatable bonds is 8. The molecule has 10 heteroatoms. The molecular weight excluding hydrogens is 422 g/mol.